The number of carbonyl (C=O) groups excluding carboxylic acids is 1. The van der Waals surface area contributed by atoms with Gasteiger partial charge in [-0.15, -0.1) is 16.4 Å². The SMILES string of the molecule is COc1ccccc1NC(=O)C1=C(C)Nc2nc(-c3cccs3)nn2[C@@H]1c1ccccn1. The molecule has 0 radical (unpaired) electrons. The number of nitrogens with one attached hydrogen (secondary N) is 2. The van der Waals surface area contributed by atoms with Crippen molar-refractivity contribution in [2.24, 2.45) is 0 Å². The number of methoxy groups -OCH3 is 1. The van der Waals surface area contributed by atoms with Gasteiger partial charge in [0.15, 0.2) is 5.82 Å². The largest absolute Gasteiger partial charge is 0.495 e. The zero-order valence-electron chi connectivity index (χ0n) is 17.4. The van der Waals surface area contributed by atoms with Crippen LogP contribution < -0.4 is 15.4 Å². The third-order valence-corrected chi connectivity index (χ3v) is 6.03. The minimum Gasteiger partial charge on any atom is -0.495 e. The summed E-state index contributed by atoms with van der Waals surface area (Å²) in [5.41, 5.74) is 2.47. The number of anilines is 2. The number of ether oxygens (including phenoxy) is 1. The quantitative estimate of drug-likeness (QED) is 0.476. The molecule has 1 aromatic carbocycles. The maximum absolute atomic E-state index is 13.5. The maximum Gasteiger partial charge on any atom is 0.256 e. The van der Waals surface area contributed by atoms with E-state index in [1.54, 1.807) is 41.5 Å². The summed E-state index contributed by atoms with van der Waals surface area (Å²) in [6.45, 7) is 1.86. The monoisotopic (exact) mass is 444 g/mol. The third-order valence-electron chi connectivity index (χ3n) is 5.16. The Balaban J connectivity index is 1.59. The topological polar surface area (TPSA) is 94.0 Å². The highest BCUT2D eigenvalue weighted by atomic mass is 32.1. The highest BCUT2D eigenvalue weighted by Gasteiger charge is 2.35. The molecule has 0 unspecified atom stereocenters. The van der Waals surface area contributed by atoms with Gasteiger partial charge in [0.1, 0.15) is 11.8 Å². The molecule has 5 rings (SSSR count). The first-order chi connectivity index (χ1) is 15.7. The first kappa shape index (κ1) is 20.0. The van der Waals surface area contributed by atoms with Crippen LogP contribution in [0.1, 0.15) is 18.7 Å². The van der Waals surface area contributed by atoms with Crippen molar-refractivity contribution in [2.45, 2.75) is 13.0 Å². The van der Waals surface area contributed by atoms with Gasteiger partial charge in [-0.3, -0.25) is 9.78 Å². The summed E-state index contributed by atoms with van der Waals surface area (Å²) in [4.78, 5) is 23.7. The van der Waals surface area contributed by atoms with E-state index in [1.807, 2.05) is 54.8 Å². The number of thiophene rings is 1. The third kappa shape index (κ3) is 3.52. The van der Waals surface area contributed by atoms with Gasteiger partial charge in [0.25, 0.3) is 5.91 Å². The van der Waals surface area contributed by atoms with Crippen molar-refractivity contribution < 1.29 is 9.53 Å². The minimum absolute atomic E-state index is 0.269. The minimum atomic E-state index is -0.539. The molecule has 1 amide bonds. The molecular formula is C23H20N6O2S. The van der Waals surface area contributed by atoms with Crippen molar-refractivity contribution in [1.29, 1.82) is 0 Å². The molecule has 1 aliphatic rings. The number of aromatic nitrogens is 4. The van der Waals surface area contributed by atoms with E-state index in [-0.39, 0.29) is 5.91 Å². The van der Waals surface area contributed by atoms with Crippen LogP contribution in [0.3, 0.4) is 0 Å². The van der Waals surface area contributed by atoms with Crippen molar-refractivity contribution in [3.63, 3.8) is 0 Å². The van der Waals surface area contributed by atoms with Crippen molar-refractivity contribution in [3.05, 3.63) is 83.1 Å². The molecule has 32 heavy (non-hydrogen) atoms. The Morgan fingerprint density at radius 3 is 2.75 bits per heavy atom. The zero-order chi connectivity index (χ0) is 22.1. The van der Waals surface area contributed by atoms with E-state index in [4.69, 9.17) is 9.84 Å². The van der Waals surface area contributed by atoms with Crippen LogP contribution >= 0.6 is 11.3 Å². The lowest BCUT2D eigenvalue weighted by Crippen LogP contribution is -2.32. The van der Waals surface area contributed by atoms with Gasteiger partial charge in [-0.25, -0.2) is 4.68 Å². The van der Waals surface area contributed by atoms with Gasteiger partial charge in [0.05, 0.1) is 28.9 Å². The summed E-state index contributed by atoms with van der Waals surface area (Å²) >= 11 is 1.56. The summed E-state index contributed by atoms with van der Waals surface area (Å²) in [7, 11) is 1.57. The predicted molar refractivity (Wildman–Crippen MR) is 124 cm³/mol. The second-order valence-corrected chi connectivity index (χ2v) is 8.10. The van der Waals surface area contributed by atoms with Gasteiger partial charge in [-0.2, -0.15) is 4.98 Å². The molecule has 1 atom stereocenters. The average molecular weight is 445 g/mol. The maximum atomic E-state index is 13.5. The molecule has 4 heterocycles. The summed E-state index contributed by atoms with van der Waals surface area (Å²) in [5, 5.41) is 12.9. The Hall–Kier alpha value is -3.98. The Bertz CT molecular complexity index is 1300. The molecule has 4 aromatic rings. The molecule has 2 N–H and O–H groups in total. The number of allylic oxidation sites excluding steroid dienone is 1. The number of pyridine rings is 1. The fraction of sp³-hybridized carbons (Fsp3) is 0.130. The number of benzene rings is 1. The second kappa shape index (κ2) is 8.27. The van der Waals surface area contributed by atoms with E-state index < -0.39 is 6.04 Å². The van der Waals surface area contributed by atoms with Crippen LogP contribution in [-0.4, -0.2) is 32.8 Å². The molecule has 9 heteroatoms. The van der Waals surface area contributed by atoms with Gasteiger partial charge in [-0.1, -0.05) is 24.3 Å². The smallest absolute Gasteiger partial charge is 0.256 e. The van der Waals surface area contributed by atoms with Crippen LogP contribution in [0.25, 0.3) is 10.7 Å². The van der Waals surface area contributed by atoms with Crippen molar-refractivity contribution >= 4 is 28.9 Å². The van der Waals surface area contributed by atoms with Crippen LogP contribution in [0.2, 0.25) is 0 Å². The standard InChI is InChI=1S/C23H20N6O2S/c1-14-19(22(30)26-15-8-3-4-10-17(15)31-2)20(16-9-5-6-12-24-16)29-23(25-14)27-21(28-29)18-11-7-13-32-18/h3-13,20H,1-2H3,(H,26,30)(H,25,27,28)/t20-/m1/s1. The van der Waals surface area contributed by atoms with Gasteiger partial charge < -0.3 is 15.4 Å². The first-order valence-electron chi connectivity index (χ1n) is 9.99. The van der Waals surface area contributed by atoms with E-state index in [9.17, 15) is 4.79 Å². The lowest BCUT2D eigenvalue weighted by molar-refractivity contribution is -0.113. The van der Waals surface area contributed by atoms with E-state index in [0.29, 0.717) is 40.2 Å². The molecule has 3 aromatic heterocycles. The Morgan fingerprint density at radius 1 is 1.16 bits per heavy atom. The van der Waals surface area contributed by atoms with Gasteiger partial charge in [0.2, 0.25) is 5.95 Å². The molecule has 0 spiro atoms. The highest BCUT2D eigenvalue weighted by molar-refractivity contribution is 7.13. The van der Waals surface area contributed by atoms with Crippen LogP contribution in [0.4, 0.5) is 11.6 Å². The predicted octanol–water partition coefficient (Wildman–Crippen LogP) is 4.34. The number of hydrogen-bond acceptors (Lipinski definition) is 7. The van der Waals surface area contributed by atoms with Crippen LogP contribution in [0.15, 0.2) is 77.4 Å². The number of rotatable bonds is 5. The lowest BCUT2D eigenvalue weighted by Gasteiger charge is -2.28. The fourth-order valence-electron chi connectivity index (χ4n) is 3.70. The number of hydrogen-bond donors (Lipinski definition) is 2. The molecule has 0 aliphatic carbocycles. The number of nitrogens with zero attached hydrogens (tertiary/aromatic N) is 4. The van der Waals surface area contributed by atoms with Gasteiger partial charge in [-0.05, 0) is 42.6 Å². The Labute approximate surface area is 188 Å². The number of carbonyl (C=O) groups is 1. The molecule has 160 valence electrons. The lowest BCUT2D eigenvalue weighted by atomic mass is 9.98. The normalized spacial score (nSPS) is 15.1. The summed E-state index contributed by atoms with van der Waals surface area (Å²) in [6.07, 6.45) is 1.71. The Morgan fingerprint density at radius 2 is 2.00 bits per heavy atom. The number of para-hydroxylation sites is 2. The van der Waals surface area contributed by atoms with Crippen LogP contribution in [-0.2, 0) is 4.79 Å². The Kier molecular flexibility index (Phi) is 5.16. The summed E-state index contributed by atoms with van der Waals surface area (Å²) in [5.74, 6) is 1.48. The highest BCUT2D eigenvalue weighted by Crippen LogP contribution is 2.37. The summed E-state index contributed by atoms with van der Waals surface area (Å²) in [6, 6.07) is 16.3. The molecule has 0 bridgehead atoms. The molecule has 0 fully saturated rings. The number of amides is 1. The van der Waals surface area contributed by atoms with E-state index in [0.717, 1.165) is 4.88 Å². The van der Waals surface area contributed by atoms with Gasteiger partial charge in [0, 0.05) is 11.9 Å². The van der Waals surface area contributed by atoms with Crippen LogP contribution in [0.5, 0.6) is 5.75 Å². The first-order valence-corrected chi connectivity index (χ1v) is 10.9. The molecule has 1 aliphatic heterocycles. The molecule has 0 saturated carbocycles. The van der Waals surface area contributed by atoms with Crippen molar-refractivity contribution in [1.82, 2.24) is 19.7 Å². The second-order valence-electron chi connectivity index (χ2n) is 7.16. The molecular weight excluding hydrogens is 424 g/mol. The van der Waals surface area contributed by atoms with E-state index in [2.05, 4.69) is 20.6 Å². The molecule has 8 nitrogen and oxygen atoms in total. The number of fused-ring (bicyclic) bond motifs is 1. The van der Waals surface area contributed by atoms with Gasteiger partial charge >= 0.3 is 0 Å². The van der Waals surface area contributed by atoms with Crippen molar-refractivity contribution in [2.75, 3.05) is 17.7 Å². The summed E-state index contributed by atoms with van der Waals surface area (Å²) < 4.78 is 7.11. The fourth-order valence-corrected chi connectivity index (χ4v) is 4.36. The van der Waals surface area contributed by atoms with E-state index in [1.165, 1.54) is 0 Å². The zero-order valence-corrected chi connectivity index (χ0v) is 18.3. The average Bonchev–Trinajstić information content (AvgIpc) is 3.49. The van der Waals surface area contributed by atoms with Crippen LogP contribution in [0, 0.1) is 0 Å². The van der Waals surface area contributed by atoms with Crippen molar-refractivity contribution in [3.8, 4) is 16.5 Å². The molecule has 0 saturated heterocycles. The van der Waals surface area contributed by atoms with E-state index >= 15 is 0 Å².